The van der Waals surface area contributed by atoms with E-state index in [1.807, 2.05) is 24.1 Å². The van der Waals surface area contributed by atoms with Gasteiger partial charge >= 0.3 is 0 Å². The first-order chi connectivity index (χ1) is 11.8. The first-order valence-corrected chi connectivity index (χ1v) is 8.94. The first kappa shape index (κ1) is 17.7. The summed E-state index contributed by atoms with van der Waals surface area (Å²) in [7, 11) is 1.86. The van der Waals surface area contributed by atoms with Gasteiger partial charge in [0.15, 0.2) is 0 Å². The van der Waals surface area contributed by atoms with Crippen LogP contribution in [0.25, 0.3) is 0 Å². The van der Waals surface area contributed by atoms with Gasteiger partial charge in [0.05, 0.1) is 5.69 Å². The summed E-state index contributed by atoms with van der Waals surface area (Å²) in [5.41, 5.74) is 2.91. The molecular formula is C20H28N4O. The van der Waals surface area contributed by atoms with Crippen LogP contribution in [0.3, 0.4) is 0 Å². The highest BCUT2D eigenvalue weighted by Crippen LogP contribution is 2.22. The highest BCUT2D eigenvalue weighted by Gasteiger charge is 2.27. The van der Waals surface area contributed by atoms with E-state index in [0.717, 1.165) is 38.4 Å². The quantitative estimate of drug-likeness (QED) is 0.863. The molecule has 1 aromatic heterocycles. The maximum Gasteiger partial charge on any atom is 0.272 e. The van der Waals surface area contributed by atoms with Gasteiger partial charge in [-0.3, -0.25) is 14.4 Å². The predicted molar refractivity (Wildman–Crippen MR) is 99.5 cm³/mol. The molecule has 0 N–H and O–H groups in total. The molecule has 0 unspecified atom stereocenters. The average Bonchev–Trinajstić information content (AvgIpc) is 2.98. The number of benzene rings is 1. The third-order valence-electron chi connectivity index (χ3n) is 4.78. The Morgan fingerprint density at radius 1 is 1.08 bits per heavy atom. The van der Waals surface area contributed by atoms with Crippen LogP contribution in [-0.2, 0) is 19.0 Å². The zero-order valence-electron chi connectivity index (χ0n) is 15.7. The van der Waals surface area contributed by atoms with Crippen LogP contribution in [0.4, 0.5) is 0 Å². The van der Waals surface area contributed by atoms with Crippen molar-refractivity contribution in [1.29, 1.82) is 0 Å². The Morgan fingerprint density at radius 3 is 2.28 bits per heavy atom. The van der Waals surface area contributed by atoms with Crippen LogP contribution in [0.1, 0.15) is 42.5 Å². The second-order valence-corrected chi connectivity index (χ2v) is 7.84. The fourth-order valence-corrected chi connectivity index (χ4v) is 3.15. The molecule has 0 saturated carbocycles. The molecular weight excluding hydrogens is 312 g/mol. The minimum absolute atomic E-state index is 0.0509. The number of piperazine rings is 1. The third-order valence-corrected chi connectivity index (χ3v) is 4.78. The van der Waals surface area contributed by atoms with Crippen molar-refractivity contribution in [3.05, 3.63) is 53.3 Å². The van der Waals surface area contributed by atoms with Gasteiger partial charge in [0, 0.05) is 45.2 Å². The molecule has 1 fully saturated rings. The smallest absolute Gasteiger partial charge is 0.272 e. The monoisotopic (exact) mass is 340 g/mol. The molecule has 0 spiro atoms. The van der Waals surface area contributed by atoms with Crippen molar-refractivity contribution in [1.82, 2.24) is 19.6 Å². The highest BCUT2D eigenvalue weighted by atomic mass is 16.2. The number of aromatic nitrogens is 2. The van der Waals surface area contributed by atoms with E-state index in [9.17, 15) is 4.79 Å². The van der Waals surface area contributed by atoms with E-state index in [1.54, 1.807) is 4.68 Å². The molecule has 3 rings (SSSR count). The Kier molecular flexibility index (Phi) is 4.95. The SMILES string of the molecule is Cn1nc(C(C)(C)C)cc1C(=O)N1CCN(Cc2ccccc2)CC1. The molecule has 0 atom stereocenters. The van der Waals surface area contributed by atoms with Crippen molar-refractivity contribution in [2.24, 2.45) is 7.05 Å². The van der Waals surface area contributed by atoms with Crippen LogP contribution in [0.2, 0.25) is 0 Å². The molecule has 1 aliphatic rings. The number of carbonyl (C=O) groups excluding carboxylic acids is 1. The minimum atomic E-state index is -0.0509. The molecule has 0 radical (unpaired) electrons. The van der Waals surface area contributed by atoms with Gasteiger partial charge in [-0.1, -0.05) is 51.1 Å². The van der Waals surface area contributed by atoms with E-state index in [0.29, 0.717) is 5.69 Å². The van der Waals surface area contributed by atoms with Gasteiger partial charge in [0.2, 0.25) is 0 Å². The zero-order chi connectivity index (χ0) is 18.0. The standard InChI is InChI=1S/C20H28N4O/c1-20(2,3)18-14-17(22(4)21-18)19(25)24-12-10-23(11-13-24)15-16-8-6-5-7-9-16/h5-9,14H,10-13,15H2,1-4H3. The Labute approximate surface area is 150 Å². The van der Waals surface area contributed by atoms with Gasteiger partial charge in [-0.2, -0.15) is 5.10 Å². The largest absolute Gasteiger partial charge is 0.335 e. The normalized spacial score (nSPS) is 16.2. The van der Waals surface area contributed by atoms with Crippen molar-refractivity contribution in [3.63, 3.8) is 0 Å². The molecule has 1 aliphatic heterocycles. The van der Waals surface area contributed by atoms with Gasteiger partial charge in [-0.05, 0) is 11.6 Å². The van der Waals surface area contributed by atoms with Crippen LogP contribution in [-0.4, -0.2) is 51.7 Å². The summed E-state index contributed by atoms with van der Waals surface area (Å²) in [4.78, 5) is 17.2. The van der Waals surface area contributed by atoms with Crippen molar-refractivity contribution in [2.45, 2.75) is 32.7 Å². The van der Waals surface area contributed by atoms with E-state index in [1.165, 1.54) is 5.56 Å². The van der Waals surface area contributed by atoms with Gasteiger partial charge < -0.3 is 4.90 Å². The molecule has 134 valence electrons. The second-order valence-electron chi connectivity index (χ2n) is 7.84. The van der Waals surface area contributed by atoms with Crippen molar-refractivity contribution >= 4 is 5.91 Å². The molecule has 5 heteroatoms. The summed E-state index contributed by atoms with van der Waals surface area (Å²) in [5, 5.41) is 4.53. The van der Waals surface area contributed by atoms with E-state index < -0.39 is 0 Å². The molecule has 2 aromatic rings. The summed E-state index contributed by atoms with van der Waals surface area (Å²) in [6.45, 7) is 10.6. The van der Waals surface area contributed by atoms with Gasteiger partial charge in [0.25, 0.3) is 5.91 Å². The summed E-state index contributed by atoms with van der Waals surface area (Å²) in [5.74, 6) is 0.0878. The third kappa shape index (κ3) is 4.10. The maximum atomic E-state index is 12.9. The number of hydrogen-bond donors (Lipinski definition) is 0. The first-order valence-electron chi connectivity index (χ1n) is 8.94. The van der Waals surface area contributed by atoms with Crippen molar-refractivity contribution in [2.75, 3.05) is 26.2 Å². The number of amides is 1. The van der Waals surface area contributed by atoms with E-state index in [4.69, 9.17) is 0 Å². The number of aryl methyl sites for hydroxylation is 1. The minimum Gasteiger partial charge on any atom is -0.335 e. The highest BCUT2D eigenvalue weighted by molar-refractivity contribution is 5.92. The maximum absolute atomic E-state index is 12.9. The fourth-order valence-electron chi connectivity index (χ4n) is 3.15. The molecule has 25 heavy (non-hydrogen) atoms. The second kappa shape index (κ2) is 7.00. The topological polar surface area (TPSA) is 41.4 Å². The summed E-state index contributed by atoms with van der Waals surface area (Å²) < 4.78 is 1.72. The van der Waals surface area contributed by atoms with E-state index in [-0.39, 0.29) is 11.3 Å². The molecule has 1 aromatic carbocycles. The van der Waals surface area contributed by atoms with Crippen LogP contribution < -0.4 is 0 Å². The molecule has 5 nitrogen and oxygen atoms in total. The Balaban J connectivity index is 1.61. The Morgan fingerprint density at radius 2 is 1.72 bits per heavy atom. The number of nitrogens with zero attached hydrogens (tertiary/aromatic N) is 4. The van der Waals surface area contributed by atoms with Crippen LogP contribution in [0, 0.1) is 0 Å². The Hall–Kier alpha value is -2.14. The van der Waals surface area contributed by atoms with Gasteiger partial charge in [-0.15, -0.1) is 0 Å². The number of hydrogen-bond acceptors (Lipinski definition) is 3. The molecule has 0 bridgehead atoms. The lowest BCUT2D eigenvalue weighted by Gasteiger charge is -2.34. The summed E-state index contributed by atoms with van der Waals surface area (Å²) in [6.07, 6.45) is 0. The lowest BCUT2D eigenvalue weighted by molar-refractivity contribution is 0.0618. The average molecular weight is 340 g/mol. The number of carbonyl (C=O) groups is 1. The van der Waals surface area contributed by atoms with Gasteiger partial charge in [0.1, 0.15) is 5.69 Å². The molecule has 0 aliphatic carbocycles. The lowest BCUT2D eigenvalue weighted by atomic mass is 9.92. The van der Waals surface area contributed by atoms with E-state index >= 15 is 0 Å². The van der Waals surface area contributed by atoms with E-state index in [2.05, 4.69) is 55.0 Å². The van der Waals surface area contributed by atoms with Crippen LogP contribution in [0.5, 0.6) is 0 Å². The predicted octanol–water partition coefficient (Wildman–Crippen LogP) is 2.68. The molecule has 1 amide bonds. The van der Waals surface area contributed by atoms with Gasteiger partial charge in [-0.25, -0.2) is 0 Å². The zero-order valence-corrected chi connectivity index (χ0v) is 15.7. The number of rotatable bonds is 3. The van der Waals surface area contributed by atoms with Crippen molar-refractivity contribution < 1.29 is 4.79 Å². The van der Waals surface area contributed by atoms with Crippen LogP contribution in [0.15, 0.2) is 36.4 Å². The Bertz CT molecular complexity index is 722. The summed E-state index contributed by atoms with van der Waals surface area (Å²) in [6, 6.07) is 12.4. The van der Waals surface area contributed by atoms with Crippen molar-refractivity contribution in [3.8, 4) is 0 Å². The molecule has 2 heterocycles. The summed E-state index contributed by atoms with van der Waals surface area (Å²) >= 11 is 0. The fraction of sp³-hybridized carbons (Fsp3) is 0.500. The lowest BCUT2D eigenvalue weighted by Crippen LogP contribution is -2.48. The molecule has 1 saturated heterocycles. The van der Waals surface area contributed by atoms with Crippen LogP contribution >= 0.6 is 0 Å².